The first-order chi connectivity index (χ1) is 12.3. The molecule has 5 nitrogen and oxygen atoms in total. The zero-order chi connectivity index (χ0) is 17.5. The van der Waals surface area contributed by atoms with Crippen LogP contribution in [-0.2, 0) is 4.79 Å². The molecule has 1 heterocycles. The van der Waals surface area contributed by atoms with E-state index in [9.17, 15) is 4.79 Å². The molecule has 126 valence electrons. The summed E-state index contributed by atoms with van der Waals surface area (Å²) in [4.78, 5) is 21.3. The van der Waals surface area contributed by atoms with E-state index in [0.29, 0.717) is 16.6 Å². The van der Waals surface area contributed by atoms with Gasteiger partial charge in [-0.1, -0.05) is 48.2 Å². The van der Waals surface area contributed by atoms with Crippen molar-refractivity contribution in [3.8, 4) is 5.75 Å². The van der Waals surface area contributed by atoms with Gasteiger partial charge in [0.05, 0.1) is 7.11 Å². The number of aromatic nitrogens is 2. The Morgan fingerprint density at radius 1 is 1.04 bits per heavy atom. The first-order valence-corrected chi connectivity index (χ1v) is 8.58. The van der Waals surface area contributed by atoms with Crippen molar-refractivity contribution >= 4 is 23.4 Å². The fourth-order valence-corrected chi connectivity index (χ4v) is 3.17. The molecule has 0 fully saturated rings. The molecule has 0 saturated heterocycles. The van der Waals surface area contributed by atoms with Crippen LogP contribution in [-0.4, -0.2) is 23.0 Å². The van der Waals surface area contributed by atoms with Crippen molar-refractivity contribution in [3.63, 3.8) is 0 Å². The third-order valence-electron chi connectivity index (χ3n) is 3.44. The minimum absolute atomic E-state index is 0.142. The van der Waals surface area contributed by atoms with Gasteiger partial charge in [0, 0.05) is 24.1 Å². The third-order valence-corrected chi connectivity index (χ3v) is 4.59. The molecule has 1 atom stereocenters. The van der Waals surface area contributed by atoms with Gasteiger partial charge in [-0.05, 0) is 23.8 Å². The average Bonchev–Trinajstić information content (AvgIpc) is 2.67. The summed E-state index contributed by atoms with van der Waals surface area (Å²) in [6.07, 6.45) is 3.33. The molecule has 0 aliphatic carbocycles. The zero-order valence-electron chi connectivity index (χ0n) is 13.6. The van der Waals surface area contributed by atoms with Gasteiger partial charge >= 0.3 is 0 Å². The minimum Gasteiger partial charge on any atom is -0.497 e. The van der Waals surface area contributed by atoms with Crippen molar-refractivity contribution in [1.29, 1.82) is 0 Å². The average molecular weight is 351 g/mol. The summed E-state index contributed by atoms with van der Waals surface area (Å²) in [6, 6.07) is 18.6. The summed E-state index contributed by atoms with van der Waals surface area (Å²) < 4.78 is 5.20. The number of methoxy groups -OCH3 is 1. The maximum atomic E-state index is 12.9. The highest BCUT2D eigenvalue weighted by Crippen LogP contribution is 2.34. The lowest BCUT2D eigenvalue weighted by Gasteiger charge is -2.16. The molecule has 2 aromatic carbocycles. The number of anilines is 1. The fourth-order valence-electron chi connectivity index (χ4n) is 2.26. The number of carbonyl (C=O) groups excluding carboxylic acids is 1. The van der Waals surface area contributed by atoms with Crippen LogP contribution in [0.25, 0.3) is 0 Å². The van der Waals surface area contributed by atoms with Crippen LogP contribution < -0.4 is 10.1 Å². The Hall–Kier alpha value is -2.86. The van der Waals surface area contributed by atoms with Gasteiger partial charge in [-0.15, -0.1) is 0 Å². The molecular weight excluding hydrogens is 334 g/mol. The van der Waals surface area contributed by atoms with E-state index in [4.69, 9.17) is 4.74 Å². The van der Waals surface area contributed by atoms with Crippen LogP contribution in [0.15, 0.2) is 78.2 Å². The van der Waals surface area contributed by atoms with Crippen LogP contribution in [0.3, 0.4) is 0 Å². The maximum absolute atomic E-state index is 12.9. The van der Waals surface area contributed by atoms with Gasteiger partial charge in [-0.3, -0.25) is 4.79 Å². The smallest absolute Gasteiger partial charge is 0.242 e. The Balaban J connectivity index is 1.84. The molecule has 6 heteroatoms. The number of ether oxygens (including phenoxy) is 1. The van der Waals surface area contributed by atoms with Crippen LogP contribution in [0.5, 0.6) is 5.75 Å². The zero-order valence-corrected chi connectivity index (χ0v) is 14.4. The highest BCUT2D eigenvalue weighted by atomic mass is 32.2. The van der Waals surface area contributed by atoms with Crippen molar-refractivity contribution in [2.24, 2.45) is 0 Å². The van der Waals surface area contributed by atoms with Crippen LogP contribution >= 0.6 is 11.8 Å². The number of benzene rings is 2. The highest BCUT2D eigenvalue weighted by Gasteiger charge is 2.23. The summed E-state index contributed by atoms with van der Waals surface area (Å²) >= 11 is 1.31. The van der Waals surface area contributed by atoms with Gasteiger partial charge in [0.1, 0.15) is 11.0 Å². The normalized spacial score (nSPS) is 11.6. The van der Waals surface area contributed by atoms with Gasteiger partial charge < -0.3 is 10.1 Å². The van der Waals surface area contributed by atoms with Gasteiger partial charge in [-0.2, -0.15) is 0 Å². The Morgan fingerprint density at radius 3 is 2.52 bits per heavy atom. The van der Waals surface area contributed by atoms with Crippen molar-refractivity contribution in [2.75, 3.05) is 12.4 Å². The lowest BCUT2D eigenvalue weighted by atomic mass is 10.1. The third kappa shape index (κ3) is 4.58. The van der Waals surface area contributed by atoms with Crippen LogP contribution in [0.2, 0.25) is 0 Å². The Kier molecular flexibility index (Phi) is 5.64. The van der Waals surface area contributed by atoms with Crippen molar-refractivity contribution < 1.29 is 9.53 Å². The molecule has 3 rings (SSSR count). The standard InChI is InChI=1S/C19H17N3O2S/c1-24-16-10-5-9-15(13-16)22-18(23)17(14-7-3-2-4-8-14)25-19-20-11-6-12-21-19/h2-13,17H,1H3,(H,22,23). The molecule has 1 aromatic heterocycles. The van der Waals surface area contributed by atoms with Crippen LogP contribution in [0, 0.1) is 0 Å². The van der Waals surface area contributed by atoms with Crippen LogP contribution in [0.1, 0.15) is 10.8 Å². The van der Waals surface area contributed by atoms with Crippen LogP contribution in [0.4, 0.5) is 5.69 Å². The molecule has 1 unspecified atom stereocenters. The number of nitrogens with zero attached hydrogens (tertiary/aromatic N) is 2. The van der Waals surface area contributed by atoms with Gasteiger partial charge in [-0.25, -0.2) is 9.97 Å². The molecule has 25 heavy (non-hydrogen) atoms. The molecule has 3 aromatic rings. The molecule has 0 aliphatic rings. The van der Waals surface area contributed by atoms with E-state index in [1.165, 1.54) is 11.8 Å². The first kappa shape index (κ1) is 17.0. The SMILES string of the molecule is COc1cccc(NC(=O)C(Sc2ncccn2)c2ccccc2)c1. The van der Waals surface area contributed by atoms with E-state index < -0.39 is 5.25 Å². The largest absolute Gasteiger partial charge is 0.497 e. The molecule has 0 spiro atoms. The molecule has 0 radical (unpaired) electrons. The summed E-state index contributed by atoms with van der Waals surface area (Å²) in [5.41, 5.74) is 1.57. The van der Waals surface area contributed by atoms with E-state index in [-0.39, 0.29) is 5.91 Å². The second-order valence-electron chi connectivity index (χ2n) is 5.16. The topological polar surface area (TPSA) is 64.1 Å². The number of thioether (sulfide) groups is 1. The quantitative estimate of drug-likeness (QED) is 0.538. The van der Waals surface area contributed by atoms with E-state index in [2.05, 4.69) is 15.3 Å². The lowest BCUT2D eigenvalue weighted by Crippen LogP contribution is -2.19. The molecular formula is C19H17N3O2S. The Morgan fingerprint density at radius 2 is 1.80 bits per heavy atom. The number of hydrogen-bond acceptors (Lipinski definition) is 5. The van der Waals surface area contributed by atoms with Crippen molar-refractivity contribution in [3.05, 3.63) is 78.6 Å². The number of hydrogen-bond donors (Lipinski definition) is 1. The van der Waals surface area contributed by atoms with E-state index in [1.807, 2.05) is 48.5 Å². The minimum atomic E-state index is -0.463. The highest BCUT2D eigenvalue weighted by molar-refractivity contribution is 8.00. The Bertz CT molecular complexity index is 828. The number of carbonyl (C=O) groups is 1. The first-order valence-electron chi connectivity index (χ1n) is 7.70. The lowest BCUT2D eigenvalue weighted by molar-refractivity contribution is -0.115. The van der Waals surface area contributed by atoms with E-state index >= 15 is 0 Å². The Labute approximate surface area is 150 Å². The van der Waals surface area contributed by atoms with Gasteiger partial charge in [0.2, 0.25) is 5.91 Å². The number of rotatable bonds is 6. The predicted octanol–water partition coefficient (Wildman–Crippen LogP) is 3.96. The summed E-state index contributed by atoms with van der Waals surface area (Å²) in [5, 5.41) is 3.03. The van der Waals surface area contributed by atoms with E-state index in [0.717, 1.165) is 5.56 Å². The second kappa shape index (κ2) is 8.30. The predicted molar refractivity (Wildman–Crippen MR) is 98.7 cm³/mol. The summed E-state index contributed by atoms with van der Waals surface area (Å²) in [7, 11) is 1.59. The van der Waals surface area contributed by atoms with Crippen molar-refractivity contribution in [2.45, 2.75) is 10.4 Å². The monoisotopic (exact) mass is 351 g/mol. The molecule has 1 amide bonds. The maximum Gasteiger partial charge on any atom is 0.242 e. The van der Waals surface area contributed by atoms with E-state index in [1.54, 1.807) is 31.6 Å². The molecule has 0 saturated carbocycles. The second-order valence-corrected chi connectivity index (χ2v) is 6.23. The summed E-state index contributed by atoms with van der Waals surface area (Å²) in [6.45, 7) is 0. The number of amides is 1. The molecule has 1 N–H and O–H groups in total. The van der Waals surface area contributed by atoms with Crippen molar-refractivity contribution in [1.82, 2.24) is 9.97 Å². The molecule has 0 bridgehead atoms. The van der Waals surface area contributed by atoms with Gasteiger partial charge in [0.25, 0.3) is 0 Å². The fraction of sp³-hybridized carbons (Fsp3) is 0.105. The summed E-state index contributed by atoms with van der Waals surface area (Å²) in [5.74, 6) is 0.546. The number of nitrogens with one attached hydrogen (secondary N) is 1. The van der Waals surface area contributed by atoms with Gasteiger partial charge in [0.15, 0.2) is 5.16 Å². The molecule has 0 aliphatic heterocycles.